The third-order valence-corrected chi connectivity index (χ3v) is 2.93. The quantitative estimate of drug-likeness (QED) is 0.621. The SMILES string of the molecule is CCOC(=O)/C=C(\c1cccc2ccccc12)C(F)(F)F. The molecule has 2 aromatic carbocycles. The van der Waals surface area contributed by atoms with Crippen LogP contribution in [0, 0.1) is 0 Å². The Hall–Kier alpha value is -2.30. The Morgan fingerprint density at radius 1 is 1.14 bits per heavy atom. The Balaban J connectivity index is 2.63. The van der Waals surface area contributed by atoms with E-state index in [9.17, 15) is 18.0 Å². The van der Waals surface area contributed by atoms with Crippen molar-refractivity contribution in [3.8, 4) is 0 Å². The summed E-state index contributed by atoms with van der Waals surface area (Å²) in [5.74, 6) is -1.00. The van der Waals surface area contributed by atoms with Gasteiger partial charge >= 0.3 is 12.1 Å². The van der Waals surface area contributed by atoms with Gasteiger partial charge in [-0.25, -0.2) is 4.79 Å². The van der Waals surface area contributed by atoms with Crippen molar-refractivity contribution >= 4 is 22.3 Å². The summed E-state index contributed by atoms with van der Waals surface area (Å²) in [6.45, 7) is 1.56. The predicted molar refractivity (Wildman–Crippen MR) is 74.6 cm³/mol. The molecule has 0 radical (unpaired) electrons. The Morgan fingerprint density at radius 2 is 1.81 bits per heavy atom. The van der Waals surface area contributed by atoms with Crippen molar-refractivity contribution in [2.45, 2.75) is 13.1 Å². The first-order valence-corrected chi connectivity index (χ1v) is 6.37. The molecule has 0 aliphatic heterocycles. The van der Waals surface area contributed by atoms with E-state index in [1.807, 2.05) is 0 Å². The minimum Gasteiger partial charge on any atom is -0.463 e. The van der Waals surface area contributed by atoms with E-state index in [1.54, 1.807) is 30.3 Å². The summed E-state index contributed by atoms with van der Waals surface area (Å²) in [4.78, 5) is 11.4. The number of hydrogen-bond donors (Lipinski definition) is 0. The number of alkyl halides is 3. The number of esters is 1. The summed E-state index contributed by atoms with van der Waals surface area (Å²) in [5, 5.41) is 1.11. The first-order chi connectivity index (χ1) is 9.93. The summed E-state index contributed by atoms with van der Waals surface area (Å²) in [7, 11) is 0. The third-order valence-electron chi connectivity index (χ3n) is 2.93. The van der Waals surface area contributed by atoms with Crippen LogP contribution in [0.25, 0.3) is 16.3 Å². The highest BCUT2D eigenvalue weighted by molar-refractivity contribution is 6.00. The van der Waals surface area contributed by atoms with Gasteiger partial charge in [0.15, 0.2) is 0 Å². The molecule has 0 aliphatic carbocycles. The van der Waals surface area contributed by atoms with Crippen LogP contribution in [-0.4, -0.2) is 18.8 Å². The van der Waals surface area contributed by atoms with E-state index >= 15 is 0 Å². The molecule has 5 heteroatoms. The lowest BCUT2D eigenvalue weighted by molar-refractivity contribution is -0.137. The lowest BCUT2D eigenvalue weighted by Gasteiger charge is -2.14. The molecule has 2 aromatic rings. The number of hydrogen-bond acceptors (Lipinski definition) is 2. The molecule has 21 heavy (non-hydrogen) atoms. The van der Waals surface area contributed by atoms with E-state index in [4.69, 9.17) is 0 Å². The summed E-state index contributed by atoms with van der Waals surface area (Å²) < 4.78 is 44.4. The zero-order valence-electron chi connectivity index (χ0n) is 11.3. The fourth-order valence-corrected chi connectivity index (χ4v) is 2.07. The zero-order valence-corrected chi connectivity index (χ0v) is 11.3. The Labute approximate surface area is 119 Å². The molecule has 0 amide bonds. The summed E-state index contributed by atoms with van der Waals surface area (Å²) >= 11 is 0. The summed E-state index contributed by atoms with van der Waals surface area (Å²) in [5.41, 5.74) is -1.04. The molecule has 0 atom stereocenters. The second kappa shape index (κ2) is 5.99. The van der Waals surface area contributed by atoms with Gasteiger partial charge in [0.2, 0.25) is 0 Å². The van der Waals surface area contributed by atoms with Crippen LogP contribution in [0.15, 0.2) is 48.5 Å². The van der Waals surface area contributed by atoms with Crippen LogP contribution in [0.3, 0.4) is 0 Å². The fraction of sp³-hybridized carbons (Fsp3) is 0.188. The maximum Gasteiger partial charge on any atom is 0.417 e. The van der Waals surface area contributed by atoms with Gasteiger partial charge in [0.25, 0.3) is 0 Å². The molecular formula is C16H13F3O2. The number of carbonyl (C=O) groups is 1. The van der Waals surface area contributed by atoms with Crippen LogP contribution in [-0.2, 0) is 9.53 Å². The van der Waals surface area contributed by atoms with Gasteiger partial charge in [-0.15, -0.1) is 0 Å². The van der Waals surface area contributed by atoms with Crippen LogP contribution in [0.2, 0.25) is 0 Å². The molecule has 0 spiro atoms. The van der Waals surface area contributed by atoms with Crippen LogP contribution >= 0.6 is 0 Å². The molecule has 0 unspecified atom stereocenters. The zero-order chi connectivity index (χ0) is 15.5. The number of allylic oxidation sites excluding steroid dienone is 1. The van der Waals surface area contributed by atoms with Gasteiger partial charge in [-0.3, -0.25) is 0 Å². The fourth-order valence-electron chi connectivity index (χ4n) is 2.07. The average molecular weight is 294 g/mol. The minimum atomic E-state index is -4.64. The van der Waals surface area contributed by atoms with Gasteiger partial charge in [-0.2, -0.15) is 13.2 Å². The molecule has 0 fully saturated rings. The van der Waals surface area contributed by atoms with Crippen LogP contribution in [0.1, 0.15) is 12.5 Å². The molecule has 2 rings (SSSR count). The van der Waals surface area contributed by atoms with E-state index in [0.29, 0.717) is 16.8 Å². The molecule has 2 nitrogen and oxygen atoms in total. The Bertz CT molecular complexity index is 682. The molecule has 0 saturated carbocycles. The predicted octanol–water partition coefficient (Wildman–Crippen LogP) is 4.35. The lowest BCUT2D eigenvalue weighted by atomic mass is 9.97. The highest BCUT2D eigenvalue weighted by Gasteiger charge is 2.36. The monoisotopic (exact) mass is 294 g/mol. The molecule has 0 aliphatic rings. The van der Waals surface area contributed by atoms with E-state index in [0.717, 1.165) is 0 Å². The smallest absolute Gasteiger partial charge is 0.417 e. The molecule has 110 valence electrons. The van der Waals surface area contributed by atoms with Crippen molar-refractivity contribution in [3.05, 3.63) is 54.1 Å². The maximum atomic E-state index is 13.3. The van der Waals surface area contributed by atoms with E-state index in [1.165, 1.54) is 19.1 Å². The van der Waals surface area contributed by atoms with Gasteiger partial charge in [0, 0.05) is 6.08 Å². The Morgan fingerprint density at radius 3 is 2.48 bits per heavy atom. The van der Waals surface area contributed by atoms with Crippen molar-refractivity contribution in [3.63, 3.8) is 0 Å². The largest absolute Gasteiger partial charge is 0.463 e. The number of carbonyl (C=O) groups excluding carboxylic acids is 1. The van der Waals surface area contributed by atoms with E-state index < -0.39 is 17.7 Å². The highest BCUT2D eigenvalue weighted by Crippen LogP contribution is 2.37. The van der Waals surface area contributed by atoms with Crippen LogP contribution < -0.4 is 0 Å². The first kappa shape index (κ1) is 15.1. The summed E-state index contributed by atoms with van der Waals surface area (Å²) in [6.07, 6.45) is -4.14. The maximum absolute atomic E-state index is 13.3. The van der Waals surface area contributed by atoms with Crippen molar-refractivity contribution in [1.82, 2.24) is 0 Å². The normalized spacial score (nSPS) is 12.5. The molecule has 0 saturated heterocycles. The van der Waals surface area contributed by atoms with Gasteiger partial charge in [-0.05, 0) is 23.3 Å². The van der Waals surface area contributed by atoms with E-state index in [2.05, 4.69) is 4.74 Å². The van der Waals surface area contributed by atoms with Gasteiger partial charge in [0.05, 0.1) is 12.2 Å². The van der Waals surface area contributed by atoms with Gasteiger partial charge < -0.3 is 4.74 Å². The second-order valence-electron chi connectivity index (χ2n) is 4.33. The molecular weight excluding hydrogens is 281 g/mol. The number of halogens is 3. The van der Waals surface area contributed by atoms with Crippen molar-refractivity contribution in [2.24, 2.45) is 0 Å². The van der Waals surface area contributed by atoms with Crippen molar-refractivity contribution in [1.29, 1.82) is 0 Å². The molecule has 0 heterocycles. The van der Waals surface area contributed by atoms with Crippen LogP contribution in [0.4, 0.5) is 13.2 Å². The number of rotatable bonds is 3. The van der Waals surface area contributed by atoms with Crippen molar-refractivity contribution < 1.29 is 22.7 Å². The summed E-state index contributed by atoms with van der Waals surface area (Å²) in [6, 6.07) is 11.3. The minimum absolute atomic E-state index is 0.0238. The molecule has 0 aromatic heterocycles. The number of ether oxygens (including phenoxy) is 1. The first-order valence-electron chi connectivity index (χ1n) is 6.37. The molecule has 0 N–H and O–H groups in total. The Kier molecular flexibility index (Phi) is 4.31. The average Bonchev–Trinajstić information content (AvgIpc) is 2.43. The lowest BCUT2D eigenvalue weighted by Crippen LogP contribution is -2.14. The standard InChI is InChI=1S/C16H13F3O2/c1-2-21-15(20)10-14(16(17,18)19)13-9-5-7-11-6-3-4-8-12(11)13/h3-10H,2H2,1H3/b14-10+. The second-order valence-corrected chi connectivity index (χ2v) is 4.33. The van der Waals surface area contributed by atoms with Gasteiger partial charge in [0.1, 0.15) is 0 Å². The topological polar surface area (TPSA) is 26.3 Å². The van der Waals surface area contributed by atoms with Crippen molar-refractivity contribution in [2.75, 3.05) is 6.61 Å². The molecule has 0 bridgehead atoms. The number of fused-ring (bicyclic) bond motifs is 1. The highest BCUT2D eigenvalue weighted by atomic mass is 19.4. The third kappa shape index (κ3) is 3.42. The van der Waals surface area contributed by atoms with Crippen LogP contribution in [0.5, 0.6) is 0 Å². The number of benzene rings is 2. The van der Waals surface area contributed by atoms with Gasteiger partial charge in [-0.1, -0.05) is 42.5 Å². The van der Waals surface area contributed by atoms with E-state index in [-0.39, 0.29) is 12.2 Å².